The minimum absolute atomic E-state index is 0.0351. The van der Waals surface area contributed by atoms with Crippen LogP contribution in [0.2, 0.25) is 0 Å². The largest absolute Gasteiger partial charge is 0.347 e. The molecule has 0 bridgehead atoms. The Balaban J connectivity index is 1.42. The van der Waals surface area contributed by atoms with E-state index < -0.39 is 0 Å². The number of carbonyl (C=O) groups excluding carboxylic acids is 2. The molecule has 7 heteroatoms. The summed E-state index contributed by atoms with van der Waals surface area (Å²) in [6, 6.07) is 9.45. The van der Waals surface area contributed by atoms with Gasteiger partial charge in [-0.1, -0.05) is 36.8 Å². The summed E-state index contributed by atoms with van der Waals surface area (Å²) < 4.78 is 2.10. The Kier molecular flexibility index (Phi) is 5.77. The number of amides is 2. The molecule has 0 atom stereocenters. The second kappa shape index (κ2) is 8.41. The molecule has 3 rings (SSSR count). The number of benzene rings is 1. The van der Waals surface area contributed by atoms with Crippen LogP contribution in [0.5, 0.6) is 0 Å². The Hall–Kier alpha value is -2.70. The fourth-order valence-electron chi connectivity index (χ4n) is 2.94. The van der Waals surface area contributed by atoms with Crippen molar-refractivity contribution in [2.45, 2.75) is 45.2 Å². The molecule has 0 unspecified atom stereocenters. The summed E-state index contributed by atoms with van der Waals surface area (Å²) in [5, 5.41) is 13.8. The van der Waals surface area contributed by atoms with Crippen LogP contribution >= 0.6 is 0 Å². The summed E-state index contributed by atoms with van der Waals surface area (Å²) in [6.07, 6.45) is 4.66. The summed E-state index contributed by atoms with van der Waals surface area (Å²) in [7, 11) is 0. The van der Waals surface area contributed by atoms with Crippen molar-refractivity contribution < 1.29 is 9.59 Å². The van der Waals surface area contributed by atoms with Gasteiger partial charge in [-0.15, -0.1) is 10.2 Å². The zero-order chi connectivity index (χ0) is 17.5. The number of nitrogens with zero attached hydrogens (tertiary/aromatic N) is 3. The molecule has 2 aromatic rings. The van der Waals surface area contributed by atoms with E-state index in [4.69, 9.17) is 0 Å². The van der Waals surface area contributed by atoms with E-state index in [0.717, 1.165) is 43.0 Å². The summed E-state index contributed by atoms with van der Waals surface area (Å²) in [4.78, 5) is 23.8. The Morgan fingerprint density at radius 2 is 1.84 bits per heavy atom. The average Bonchev–Trinajstić information content (AvgIpc) is 2.85. The number of aryl methyl sites for hydroxylation is 1. The molecule has 1 aliphatic rings. The molecule has 2 heterocycles. The molecule has 7 nitrogen and oxygen atoms in total. The van der Waals surface area contributed by atoms with Crippen LogP contribution in [0.15, 0.2) is 30.3 Å². The number of aromatic nitrogens is 3. The first-order valence-electron chi connectivity index (χ1n) is 8.70. The quantitative estimate of drug-likeness (QED) is 0.820. The van der Waals surface area contributed by atoms with Crippen LogP contribution in [0.1, 0.15) is 36.5 Å². The third-order valence-electron chi connectivity index (χ3n) is 4.28. The van der Waals surface area contributed by atoms with Crippen molar-refractivity contribution in [2.75, 3.05) is 6.54 Å². The molecule has 1 aromatic heterocycles. The van der Waals surface area contributed by atoms with Crippen LogP contribution in [-0.4, -0.2) is 33.1 Å². The number of rotatable bonds is 6. The molecular formula is C18H23N5O2. The van der Waals surface area contributed by atoms with E-state index >= 15 is 0 Å². The summed E-state index contributed by atoms with van der Waals surface area (Å²) in [6.45, 7) is 1.20. The van der Waals surface area contributed by atoms with Crippen molar-refractivity contribution >= 4 is 11.8 Å². The van der Waals surface area contributed by atoms with Gasteiger partial charge in [0, 0.05) is 13.0 Å². The van der Waals surface area contributed by atoms with Gasteiger partial charge in [-0.3, -0.25) is 9.59 Å². The molecule has 0 aliphatic carbocycles. The first-order valence-corrected chi connectivity index (χ1v) is 8.70. The standard InChI is InChI=1S/C18H23N5O2/c24-17(11-14-7-3-1-4-8-14)20-13-18(25)19-12-16-22-21-15-9-5-2-6-10-23(15)16/h1,3-4,7-8H,2,5-6,9-13H2,(H,19,25)(H,20,24). The van der Waals surface area contributed by atoms with Crippen LogP contribution < -0.4 is 10.6 Å². The van der Waals surface area contributed by atoms with Crippen molar-refractivity contribution in [3.63, 3.8) is 0 Å². The second-order valence-corrected chi connectivity index (χ2v) is 6.21. The van der Waals surface area contributed by atoms with Gasteiger partial charge >= 0.3 is 0 Å². The number of hydrogen-bond acceptors (Lipinski definition) is 4. The van der Waals surface area contributed by atoms with Gasteiger partial charge in [0.2, 0.25) is 11.8 Å². The SMILES string of the molecule is O=C(CNC(=O)Cc1ccccc1)NCc1nnc2n1CCCCC2. The lowest BCUT2D eigenvalue weighted by Crippen LogP contribution is -2.37. The van der Waals surface area contributed by atoms with Crippen molar-refractivity contribution in [1.29, 1.82) is 0 Å². The molecule has 1 aliphatic heterocycles. The first-order chi connectivity index (χ1) is 12.2. The van der Waals surface area contributed by atoms with Crippen molar-refractivity contribution in [1.82, 2.24) is 25.4 Å². The number of hydrogen-bond donors (Lipinski definition) is 2. The first kappa shape index (κ1) is 17.1. The third kappa shape index (κ3) is 4.89. The predicted octanol–water partition coefficient (Wildman–Crippen LogP) is 0.980. The van der Waals surface area contributed by atoms with Crippen LogP contribution in [0, 0.1) is 0 Å². The molecule has 0 fully saturated rings. The van der Waals surface area contributed by atoms with Crippen molar-refractivity contribution in [3.8, 4) is 0 Å². The van der Waals surface area contributed by atoms with Crippen LogP contribution in [0.4, 0.5) is 0 Å². The van der Waals surface area contributed by atoms with Gasteiger partial charge in [-0.25, -0.2) is 0 Å². The lowest BCUT2D eigenvalue weighted by molar-refractivity contribution is -0.125. The highest BCUT2D eigenvalue weighted by molar-refractivity contribution is 5.85. The topological polar surface area (TPSA) is 88.9 Å². The monoisotopic (exact) mass is 341 g/mol. The van der Waals surface area contributed by atoms with Crippen molar-refractivity contribution in [2.24, 2.45) is 0 Å². The second-order valence-electron chi connectivity index (χ2n) is 6.21. The van der Waals surface area contributed by atoms with Crippen LogP contribution in [-0.2, 0) is 35.5 Å². The number of nitrogens with one attached hydrogen (secondary N) is 2. The molecule has 25 heavy (non-hydrogen) atoms. The van der Waals surface area contributed by atoms with Gasteiger partial charge in [0.25, 0.3) is 0 Å². The van der Waals surface area contributed by atoms with E-state index in [1.54, 1.807) is 0 Å². The van der Waals surface area contributed by atoms with E-state index in [9.17, 15) is 9.59 Å². The summed E-state index contributed by atoms with van der Waals surface area (Å²) >= 11 is 0. The van der Waals surface area contributed by atoms with E-state index in [2.05, 4.69) is 25.4 Å². The fraction of sp³-hybridized carbons (Fsp3) is 0.444. The smallest absolute Gasteiger partial charge is 0.239 e. The Morgan fingerprint density at radius 1 is 1.00 bits per heavy atom. The van der Waals surface area contributed by atoms with Crippen molar-refractivity contribution in [3.05, 3.63) is 47.5 Å². The highest BCUT2D eigenvalue weighted by Gasteiger charge is 2.15. The van der Waals surface area contributed by atoms with Gasteiger partial charge in [-0.05, 0) is 18.4 Å². The minimum Gasteiger partial charge on any atom is -0.347 e. The van der Waals surface area contributed by atoms with E-state index in [0.29, 0.717) is 6.54 Å². The van der Waals surface area contributed by atoms with E-state index in [1.807, 2.05) is 30.3 Å². The fourth-order valence-corrected chi connectivity index (χ4v) is 2.94. The maximum absolute atomic E-state index is 11.9. The molecule has 2 amide bonds. The molecule has 0 spiro atoms. The maximum atomic E-state index is 11.9. The molecule has 1 aromatic carbocycles. The molecular weight excluding hydrogens is 318 g/mol. The maximum Gasteiger partial charge on any atom is 0.239 e. The van der Waals surface area contributed by atoms with Gasteiger partial charge < -0.3 is 15.2 Å². The normalized spacial score (nSPS) is 13.6. The van der Waals surface area contributed by atoms with Crippen LogP contribution in [0.25, 0.3) is 0 Å². The van der Waals surface area contributed by atoms with E-state index in [1.165, 1.54) is 6.42 Å². The zero-order valence-electron chi connectivity index (χ0n) is 14.2. The third-order valence-corrected chi connectivity index (χ3v) is 4.28. The Morgan fingerprint density at radius 3 is 2.68 bits per heavy atom. The Bertz CT molecular complexity index is 726. The average molecular weight is 341 g/mol. The highest BCUT2D eigenvalue weighted by atomic mass is 16.2. The van der Waals surface area contributed by atoms with Gasteiger partial charge in [0.05, 0.1) is 19.5 Å². The lowest BCUT2D eigenvalue weighted by Gasteiger charge is -2.09. The zero-order valence-corrected chi connectivity index (χ0v) is 14.2. The number of carbonyl (C=O) groups is 2. The van der Waals surface area contributed by atoms with Gasteiger partial charge in [0.15, 0.2) is 5.82 Å². The predicted molar refractivity (Wildman–Crippen MR) is 92.6 cm³/mol. The summed E-state index contributed by atoms with van der Waals surface area (Å²) in [5.41, 5.74) is 0.923. The molecule has 0 saturated carbocycles. The Labute approximate surface area is 146 Å². The molecule has 132 valence electrons. The minimum atomic E-state index is -0.229. The highest BCUT2D eigenvalue weighted by Crippen LogP contribution is 2.14. The van der Waals surface area contributed by atoms with Gasteiger partial charge in [-0.2, -0.15) is 0 Å². The molecule has 2 N–H and O–H groups in total. The molecule has 0 saturated heterocycles. The summed E-state index contributed by atoms with van der Waals surface area (Å²) in [5.74, 6) is 1.38. The van der Waals surface area contributed by atoms with Gasteiger partial charge in [0.1, 0.15) is 5.82 Å². The van der Waals surface area contributed by atoms with E-state index in [-0.39, 0.29) is 24.8 Å². The number of fused-ring (bicyclic) bond motifs is 1. The lowest BCUT2D eigenvalue weighted by atomic mass is 10.1. The molecule has 0 radical (unpaired) electrons. The van der Waals surface area contributed by atoms with Crippen LogP contribution in [0.3, 0.4) is 0 Å².